The Hall–Kier alpha value is -3.75. The third-order valence-corrected chi connectivity index (χ3v) is 9.79. The van der Waals surface area contributed by atoms with Gasteiger partial charge in [0.05, 0.1) is 22.2 Å². The molecule has 224 valence electrons. The van der Waals surface area contributed by atoms with E-state index in [0.29, 0.717) is 24.0 Å². The van der Waals surface area contributed by atoms with Crippen LogP contribution in [-0.2, 0) is 29.3 Å². The maximum Gasteiger partial charge on any atom is 0.507 e. The minimum absolute atomic E-state index is 0.000999. The van der Waals surface area contributed by atoms with Crippen molar-refractivity contribution in [3.8, 4) is 34.4 Å². The van der Waals surface area contributed by atoms with E-state index in [1.807, 2.05) is 0 Å². The molecule has 0 spiro atoms. The minimum atomic E-state index is -4.93. The van der Waals surface area contributed by atoms with Crippen LogP contribution in [0.1, 0.15) is 32.3 Å². The molecule has 4 aromatic rings. The normalized spacial score (nSPS) is 18.8. The van der Waals surface area contributed by atoms with Crippen LogP contribution < -0.4 is 9.47 Å². The van der Waals surface area contributed by atoms with Crippen molar-refractivity contribution < 1.29 is 44.2 Å². The molecule has 1 saturated carbocycles. The van der Waals surface area contributed by atoms with Gasteiger partial charge in [-0.1, -0.05) is 31.2 Å². The van der Waals surface area contributed by atoms with Gasteiger partial charge in [-0.3, -0.25) is 0 Å². The lowest BCUT2D eigenvalue weighted by molar-refractivity contribution is -0.391. The predicted octanol–water partition coefficient (Wildman–Crippen LogP) is 6.08. The average Bonchev–Trinajstić information content (AvgIpc) is 3.57. The molecule has 0 N–H and O–H groups in total. The Labute approximate surface area is 235 Å². The summed E-state index contributed by atoms with van der Waals surface area (Å²) in [5.74, 6) is -4.32. The van der Waals surface area contributed by atoms with E-state index in [9.17, 15) is 34.8 Å². The van der Waals surface area contributed by atoms with Crippen LogP contribution in [0.15, 0.2) is 41.4 Å². The molecule has 0 atom stereocenters. The molecule has 2 aromatic heterocycles. The summed E-state index contributed by atoms with van der Waals surface area (Å²) in [6, 6.07) is 8.37. The number of alkyl halides is 6. The first-order chi connectivity index (χ1) is 19.4. The molecule has 2 aromatic carbocycles. The van der Waals surface area contributed by atoms with Crippen LogP contribution >= 0.6 is 0 Å². The standard InChI is InChI=1S/C27H24F6N4O4S/c1-5-42(38,39)23-20(35-21(37(23)4)14-6-8-15(9-7-14)25(10-11-25)24(2,28)29)22-34-16-12-18-19(13-17(16)36(22)3)41-27(32,33)26(30,31)40-18/h6-9,12-13H,5,10-11H2,1-4H3. The second-order valence-corrected chi connectivity index (χ2v) is 12.8. The summed E-state index contributed by atoms with van der Waals surface area (Å²) >= 11 is 0. The second kappa shape index (κ2) is 8.64. The van der Waals surface area contributed by atoms with Gasteiger partial charge in [0.25, 0.3) is 5.92 Å². The number of sulfone groups is 1. The number of fused-ring (bicyclic) bond motifs is 2. The lowest BCUT2D eigenvalue weighted by Crippen LogP contribution is -2.52. The molecule has 0 bridgehead atoms. The lowest BCUT2D eigenvalue weighted by atomic mass is 9.89. The Balaban J connectivity index is 1.49. The number of nitrogens with zero attached hydrogens (tertiary/aromatic N) is 4. The van der Waals surface area contributed by atoms with Crippen molar-refractivity contribution in [2.75, 3.05) is 5.75 Å². The summed E-state index contributed by atoms with van der Waals surface area (Å²) in [5, 5.41) is -0.198. The first-order valence-corrected chi connectivity index (χ1v) is 14.5. The molecule has 0 amide bonds. The Morgan fingerprint density at radius 2 is 1.48 bits per heavy atom. The van der Waals surface area contributed by atoms with Gasteiger partial charge < -0.3 is 18.6 Å². The van der Waals surface area contributed by atoms with E-state index in [2.05, 4.69) is 19.4 Å². The van der Waals surface area contributed by atoms with E-state index < -0.39 is 44.9 Å². The zero-order valence-electron chi connectivity index (χ0n) is 22.7. The van der Waals surface area contributed by atoms with Crippen molar-refractivity contribution in [3.05, 3.63) is 42.0 Å². The summed E-state index contributed by atoms with van der Waals surface area (Å²) in [5.41, 5.74) is -0.207. The monoisotopic (exact) mass is 614 g/mol. The number of benzene rings is 2. The fourth-order valence-electron chi connectivity index (χ4n) is 5.39. The Morgan fingerprint density at radius 1 is 0.905 bits per heavy atom. The first-order valence-electron chi connectivity index (χ1n) is 12.9. The molecule has 1 fully saturated rings. The predicted molar refractivity (Wildman–Crippen MR) is 139 cm³/mol. The van der Waals surface area contributed by atoms with Crippen LogP contribution in [0.5, 0.6) is 11.5 Å². The van der Waals surface area contributed by atoms with E-state index in [1.165, 1.54) is 30.2 Å². The van der Waals surface area contributed by atoms with Crippen molar-refractivity contribution in [1.29, 1.82) is 0 Å². The smallest absolute Gasteiger partial charge is 0.421 e. The average molecular weight is 615 g/mol. The number of ether oxygens (including phenoxy) is 2. The highest BCUT2D eigenvalue weighted by molar-refractivity contribution is 7.91. The second-order valence-electron chi connectivity index (χ2n) is 10.6. The first kappa shape index (κ1) is 28.4. The van der Waals surface area contributed by atoms with Crippen LogP contribution in [0.25, 0.3) is 33.9 Å². The van der Waals surface area contributed by atoms with E-state index in [0.717, 1.165) is 19.1 Å². The van der Waals surface area contributed by atoms with Crippen molar-refractivity contribution >= 4 is 20.9 Å². The molecule has 15 heteroatoms. The van der Waals surface area contributed by atoms with Crippen LogP contribution in [0.2, 0.25) is 0 Å². The molecular weight excluding hydrogens is 590 g/mol. The number of hydrogen-bond acceptors (Lipinski definition) is 6. The van der Waals surface area contributed by atoms with Crippen molar-refractivity contribution in [2.24, 2.45) is 14.1 Å². The maximum atomic E-state index is 14.3. The van der Waals surface area contributed by atoms with Gasteiger partial charge in [0.1, 0.15) is 11.5 Å². The van der Waals surface area contributed by atoms with Gasteiger partial charge in [-0.15, -0.1) is 0 Å². The lowest BCUT2D eigenvalue weighted by Gasteiger charge is -2.31. The maximum absolute atomic E-state index is 14.3. The molecule has 0 unspecified atom stereocenters. The van der Waals surface area contributed by atoms with Crippen LogP contribution in [0.3, 0.4) is 0 Å². The van der Waals surface area contributed by atoms with Crippen LogP contribution in [0, 0.1) is 0 Å². The summed E-state index contributed by atoms with van der Waals surface area (Å²) in [6.07, 6.45) is -9.15. The molecule has 8 nitrogen and oxygen atoms in total. The molecule has 0 saturated heterocycles. The SMILES string of the molecule is CCS(=O)(=O)c1c(-c2nc3cc4c(cc3n2C)OC(F)(F)C(F)(F)O4)nc(-c2ccc(C3(C(C)(F)F)CC3)cc2)n1C. The highest BCUT2D eigenvalue weighted by atomic mass is 32.2. The largest absolute Gasteiger partial charge is 0.507 e. The van der Waals surface area contributed by atoms with Gasteiger partial charge >= 0.3 is 12.2 Å². The fourth-order valence-corrected chi connectivity index (χ4v) is 6.60. The number of hydrogen-bond donors (Lipinski definition) is 0. The summed E-state index contributed by atoms with van der Waals surface area (Å²) in [7, 11) is -0.981. The fraction of sp³-hybridized carbons (Fsp3) is 0.407. The van der Waals surface area contributed by atoms with Gasteiger partial charge in [-0.25, -0.2) is 27.2 Å². The summed E-state index contributed by atoms with van der Waals surface area (Å²) in [6.45, 7) is 2.34. The van der Waals surface area contributed by atoms with E-state index in [4.69, 9.17) is 0 Å². The molecule has 42 heavy (non-hydrogen) atoms. The Kier molecular flexibility index (Phi) is 5.84. The Bertz CT molecular complexity index is 1860. The van der Waals surface area contributed by atoms with E-state index in [1.54, 1.807) is 24.3 Å². The Morgan fingerprint density at radius 3 is 2.00 bits per heavy atom. The number of halogens is 6. The van der Waals surface area contributed by atoms with Gasteiger partial charge in [-0.05, 0) is 18.4 Å². The number of aromatic nitrogens is 4. The summed E-state index contributed by atoms with van der Waals surface area (Å²) < 4.78 is 121. The number of aryl methyl sites for hydroxylation is 1. The van der Waals surface area contributed by atoms with Gasteiger partial charge in [0, 0.05) is 38.7 Å². The summed E-state index contributed by atoms with van der Waals surface area (Å²) in [4.78, 5) is 8.95. The van der Waals surface area contributed by atoms with Gasteiger partial charge in [-0.2, -0.15) is 17.6 Å². The van der Waals surface area contributed by atoms with Crippen molar-refractivity contribution in [3.63, 3.8) is 0 Å². The highest BCUT2D eigenvalue weighted by Gasteiger charge is 2.66. The van der Waals surface area contributed by atoms with E-state index in [-0.39, 0.29) is 39.2 Å². The number of imidazole rings is 2. The highest BCUT2D eigenvalue weighted by Crippen LogP contribution is 2.58. The molecule has 3 heterocycles. The van der Waals surface area contributed by atoms with Crippen LogP contribution in [-0.4, -0.2) is 51.4 Å². The quantitative estimate of drug-likeness (QED) is 0.245. The molecule has 1 aliphatic carbocycles. The topological polar surface area (TPSA) is 88.2 Å². The molecular formula is C27H24F6N4O4S. The molecule has 1 aliphatic heterocycles. The zero-order valence-corrected chi connectivity index (χ0v) is 23.5. The van der Waals surface area contributed by atoms with Crippen LogP contribution in [0.4, 0.5) is 26.3 Å². The van der Waals surface area contributed by atoms with Crippen molar-refractivity contribution in [1.82, 2.24) is 19.1 Å². The molecule has 2 aliphatic rings. The minimum Gasteiger partial charge on any atom is -0.421 e. The third-order valence-electron chi connectivity index (χ3n) is 7.98. The third kappa shape index (κ3) is 3.99. The van der Waals surface area contributed by atoms with Gasteiger partial charge in [0.2, 0.25) is 0 Å². The van der Waals surface area contributed by atoms with Crippen molar-refractivity contribution in [2.45, 2.75) is 55.3 Å². The zero-order chi connectivity index (χ0) is 30.6. The van der Waals surface area contributed by atoms with E-state index >= 15 is 0 Å². The molecule has 6 rings (SSSR count). The number of rotatable bonds is 6. The molecule has 0 radical (unpaired) electrons. The van der Waals surface area contributed by atoms with Gasteiger partial charge in [0.15, 0.2) is 32.2 Å².